The number of amidine groups is 1. The third-order valence-corrected chi connectivity index (χ3v) is 5.93. The van der Waals surface area contributed by atoms with Gasteiger partial charge in [0.2, 0.25) is 0 Å². The number of carbonyl (C=O) groups excluding carboxylic acids is 1. The van der Waals surface area contributed by atoms with E-state index >= 15 is 0 Å². The highest BCUT2D eigenvalue weighted by Crippen LogP contribution is 2.34. The van der Waals surface area contributed by atoms with Crippen molar-refractivity contribution in [3.8, 4) is 0 Å². The maximum atomic E-state index is 13.0. The molecule has 1 fully saturated rings. The van der Waals surface area contributed by atoms with Gasteiger partial charge in [0.15, 0.2) is 5.17 Å². The van der Waals surface area contributed by atoms with Crippen molar-refractivity contribution in [1.29, 1.82) is 0 Å². The molecule has 28 heavy (non-hydrogen) atoms. The molecule has 140 valence electrons. The van der Waals surface area contributed by atoms with Crippen LogP contribution >= 0.6 is 23.1 Å². The predicted octanol–water partition coefficient (Wildman–Crippen LogP) is 5.16. The Hall–Kier alpha value is -2.90. The summed E-state index contributed by atoms with van der Waals surface area (Å²) in [6.45, 7) is 2.34. The number of carbonyl (C=O) groups is 1. The van der Waals surface area contributed by atoms with Crippen molar-refractivity contribution < 1.29 is 9.21 Å². The number of furan rings is 1. The number of thiophene rings is 1. The number of benzene rings is 1. The monoisotopic (exact) mass is 407 g/mol. The molecule has 3 heterocycles. The van der Waals surface area contributed by atoms with Gasteiger partial charge in [0, 0.05) is 4.88 Å². The molecule has 0 bridgehead atoms. The lowest BCUT2D eigenvalue weighted by molar-refractivity contribution is -0.122. The highest BCUT2D eigenvalue weighted by molar-refractivity contribution is 8.18. The van der Waals surface area contributed by atoms with Gasteiger partial charge in [-0.15, -0.1) is 16.4 Å². The maximum absolute atomic E-state index is 13.0. The summed E-state index contributed by atoms with van der Waals surface area (Å²) in [6, 6.07) is 15.5. The number of amides is 1. The second-order valence-corrected chi connectivity index (χ2v) is 8.07. The molecule has 0 N–H and O–H groups in total. The molecule has 0 atom stereocenters. The van der Waals surface area contributed by atoms with Crippen LogP contribution in [0.15, 0.2) is 79.7 Å². The molecule has 0 radical (unpaired) electrons. The fraction of sp³-hybridized carbons (Fsp3) is 0.0952. The molecule has 1 aromatic carbocycles. The summed E-state index contributed by atoms with van der Waals surface area (Å²) in [5.41, 5.74) is 2.13. The molecule has 4 rings (SSSR count). The molecule has 3 aromatic rings. The van der Waals surface area contributed by atoms with E-state index in [9.17, 15) is 4.79 Å². The van der Waals surface area contributed by atoms with Crippen LogP contribution in [0.1, 0.15) is 21.8 Å². The van der Waals surface area contributed by atoms with Crippen LogP contribution in [0.4, 0.5) is 0 Å². The van der Waals surface area contributed by atoms with E-state index in [1.807, 2.05) is 60.8 Å². The minimum absolute atomic E-state index is 0.102. The van der Waals surface area contributed by atoms with Crippen molar-refractivity contribution >= 4 is 46.5 Å². The predicted molar refractivity (Wildman–Crippen MR) is 115 cm³/mol. The first kappa shape index (κ1) is 18.5. The minimum Gasteiger partial charge on any atom is -0.467 e. The van der Waals surface area contributed by atoms with Crippen molar-refractivity contribution in [1.82, 2.24) is 4.90 Å². The summed E-state index contributed by atoms with van der Waals surface area (Å²) in [4.78, 5) is 16.2. The summed E-state index contributed by atoms with van der Waals surface area (Å²) in [5.74, 6) is 0.593. The van der Waals surface area contributed by atoms with Gasteiger partial charge in [-0.05, 0) is 59.5 Å². The Morgan fingerprint density at radius 2 is 2.04 bits per heavy atom. The highest BCUT2D eigenvalue weighted by Gasteiger charge is 2.34. The van der Waals surface area contributed by atoms with Crippen LogP contribution in [0.25, 0.3) is 6.08 Å². The molecule has 0 aliphatic carbocycles. The van der Waals surface area contributed by atoms with Crippen molar-refractivity contribution in [2.24, 2.45) is 10.2 Å². The van der Waals surface area contributed by atoms with Gasteiger partial charge in [0.25, 0.3) is 5.91 Å². The molecule has 7 heteroatoms. The summed E-state index contributed by atoms with van der Waals surface area (Å²) in [5, 5.41) is 11.0. The van der Waals surface area contributed by atoms with E-state index < -0.39 is 0 Å². The van der Waals surface area contributed by atoms with Crippen molar-refractivity contribution in [2.45, 2.75) is 13.5 Å². The van der Waals surface area contributed by atoms with Gasteiger partial charge in [-0.1, -0.05) is 30.3 Å². The molecular weight excluding hydrogens is 390 g/mol. The Kier molecular flexibility index (Phi) is 5.55. The summed E-state index contributed by atoms with van der Waals surface area (Å²) >= 11 is 2.91. The number of nitrogens with zero attached hydrogens (tertiary/aromatic N) is 3. The van der Waals surface area contributed by atoms with E-state index in [0.717, 1.165) is 16.0 Å². The first-order valence-electron chi connectivity index (χ1n) is 8.64. The average Bonchev–Trinajstić information content (AvgIpc) is 3.44. The molecule has 1 aliphatic heterocycles. The van der Waals surface area contributed by atoms with Gasteiger partial charge in [-0.3, -0.25) is 9.69 Å². The van der Waals surface area contributed by atoms with E-state index in [1.54, 1.807) is 34.8 Å². The fourth-order valence-corrected chi connectivity index (χ4v) is 4.18. The highest BCUT2D eigenvalue weighted by atomic mass is 32.2. The third-order valence-electron chi connectivity index (χ3n) is 4.13. The average molecular weight is 408 g/mol. The number of aryl methyl sites for hydroxylation is 1. The number of rotatable bonds is 5. The second kappa shape index (κ2) is 8.41. The Balaban J connectivity index is 1.64. The van der Waals surface area contributed by atoms with Crippen LogP contribution in [-0.4, -0.2) is 22.2 Å². The van der Waals surface area contributed by atoms with Crippen LogP contribution < -0.4 is 0 Å². The Morgan fingerprint density at radius 3 is 2.79 bits per heavy atom. The molecule has 1 aliphatic rings. The van der Waals surface area contributed by atoms with E-state index in [0.29, 0.717) is 22.4 Å². The molecule has 0 saturated carbocycles. The Bertz CT molecular complexity index is 1050. The number of hydrogen-bond acceptors (Lipinski definition) is 6. The molecular formula is C21H17N3O2S2. The lowest BCUT2D eigenvalue weighted by atomic mass is 10.1. The van der Waals surface area contributed by atoms with E-state index in [1.165, 1.54) is 11.8 Å². The topological polar surface area (TPSA) is 58.2 Å². The summed E-state index contributed by atoms with van der Waals surface area (Å²) in [6.07, 6.45) is 5.19. The van der Waals surface area contributed by atoms with Crippen molar-refractivity contribution in [3.63, 3.8) is 0 Å². The van der Waals surface area contributed by atoms with E-state index in [4.69, 9.17) is 4.42 Å². The van der Waals surface area contributed by atoms with Crippen LogP contribution in [0.2, 0.25) is 0 Å². The van der Waals surface area contributed by atoms with Gasteiger partial charge in [-0.2, -0.15) is 5.10 Å². The normalized spacial score (nSPS) is 17.5. The minimum atomic E-state index is -0.102. The smallest absolute Gasteiger partial charge is 0.267 e. The van der Waals surface area contributed by atoms with Crippen LogP contribution in [0.3, 0.4) is 0 Å². The van der Waals surface area contributed by atoms with Crippen molar-refractivity contribution in [2.75, 3.05) is 0 Å². The van der Waals surface area contributed by atoms with Crippen LogP contribution in [0, 0.1) is 6.92 Å². The Morgan fingerprint density at radius 1 is 1.14 bits per heavy atom. The van der Waals surface area contributed by atoms with Crippen molar-refractivity contribution in [3.05, 3.63) is 86.8 Å². The van der Waals surface area contributed by atoms with Crippen LogP contribution in [0.5, 0.6) is 0 Å². The molecule has 0 spiro atoms. The standard InChI is InChI=1S/C21H17N3O2S2/c1-15-6-2-3-7-16(15)12-19-20(25)24(14-17-8-4-10-26-17)21(28-19)23-22-13-18-9-5-11-27-18/h2-13H,14H2,1H3/b19-12-,22-13-,23-21+. The fourth-order valence-electron chi connectivity index (χ4n) is 2.67. The molecule has 1 amide bonds. The third kappa shape index (κ3) is 4.16. The zero-order valence-electron chi connectivity index (χ0n) is 15.1. The zero-order valence-corrected chi connectivity index (χ0v) is 16.7. The van der Waals surface area contributed by atoms with Crippen LogP contribution in [-0.2, 0) is 11.3 Å². The summed E-state index contributed by atoms with van der Waals surface area (Å²) < 4.78 is 5.41. The molecule has 0 unspecified atom stereocenters. The van der Waals surface area contributed by atoms with Gasteiger partial charge < -0.3 is 4.42 Å². The lowest BCUT2D eigenvalue weighted by Gasteiger charge is -2.12. The Labute approximate surface area is 171 Å². The first-order valence-corrected chi connectivity index (χ1v) is 10.3. The maximum Gasteiger partial charge on any atom is 0.267 e. The zero-order chi connectivity index (χ0) is 19.3. The molecule has 5 nitrogen and oxygen atoms in total. The second-order valence-electron chi connectivity index (χ2n) is 6.08. The van der Waals surface area contributed by atoms with E-state index in [2.05, 4.69) is 10.2 Å². The van der Waals surface area contributed by atoms with Gasteiger partial charge in [-0.25, -0.2) is 0 Å². The van der Waals surface area contributed by atoms with Gasteiger partial charge in [0.05, 0.1) is 23.9 Å². The van der Waals surface area contributed by atoms with Gasteiger partial charge >= 0.3 is 0 Å². The first-order chi connectivity index (χ1) is 13.7. The largest absolute Gasteiger partial charge is 0.467 e. The summed E-state index contributed by atoms with van der Waals surface area (Å²) in [7, 11) is 0. The van der Waals surface area contributed by atoms with Gasteiger partial charge in [0.1, 0.15) is 5.76 Å². The SMILES string of the molecule is Cc1ccccc1/C=C1\S/C(=N/N=C\c2cccs2)N(Cc2ccco2)C1=O. The number of thioether (sulfide) groups is 1. The molecule has 2 aromatic heterocycles. The molecule has 1 saturated heterocycles. The van der Waals surface area contributed by atoms with E-state index in [-0.39, 0.29) is 5.91 Å². The quantitative estimate of drug-likeness (QED) is 0.334. The lowest BCUT2D eigenvalue weighted by Crippen LogP contribution is -2.28. The number of hydrogen-bond donors (Lipinski definition) is 0.